The summed E-state index contributed by atoms with van der Waals surface area (Å²) in [5.41, 5.74) is 3.67. The lowest BCUT2D eigenvalue weighted by Crippen LogP contribution is -2.00. The number of Topliss-reactive ketones (excluding diaryl/α,β-unsaturated/α-hetero) is 1. The van der Waals surface area contributed by atoms with E-state index in [4.69, 9.17) is 0 Å². The molecule has 3 nitrogen and oxygen atoms in total. The highest BCUT2D eigenvalue weighted by Gasteiger charge is 2.04. The third-order valence-corrected chi connectivity index (χ3v) is 3.53. The minimum absolute atomic E-state index is 0.387. The number of hydrogen-bond acceptors (Lipinski definition) is 2. The fourth-order valence-electron chi connectivity index (χ4n) is 2.40. The molecular weight excluding hydrogens is 248 g/mol. The van der Waals surface area contributed by atoms with Crippen LogP contribution in [0, 0.1) is 6.92 Å². The van der Waals surface area contributed by atoms with Crippen LogP contribution in [0.3, 0.4) is 0 Å². The SMILES string of the molecule is CCCC(=O)CCCc1ccc(-n2cccn2)cc1C. The molecule has 0 saturated carbocycles. The first-order valence-corrected chi connectivity index (χ1v) is 7.32. The number of benzene rings is 1. The number of aromatic nitrogens is 2. The van der Waals surface area contributed by atoms with E-state index in [9.17, 15) is 4.79 Å². The van der Waals surface area contributed by atoms with Crippen molar-refractivity contribution in [3.05, 3.63) is 47.8 Å². The number of carbonyl (C=O) groups is 1. The van der Waals surface area contributed by atoms with Crippen molar-refractivity contribution in [3.8, 4) is 5.69 Å². The number of aryl methyl sites for hydroxylation is 2. The predicted octanol–water partition coefficient (Wildman–Crippen LogP) is 3.87. The summed E-state index contributed by atoms with van der Waals surface area (Å²) < 4.78 is 1.86. The van der Waals surface area contributed by atoms with Crippen molar-refractivity contribution < 1.29 is 4.79 Å². The van der Waals surface area contributed by atoms with Crippen LogP contribution in [0.2, 0.25) is 0 Å². The van der Waals surface area contributed by atoms with Gasteiger partial charge in [0.15, 0.2) is 0 Å². The van der Waals surface area contributed by atoms with Crippen molar-refractivity contribution in [1.82, 2.24) is 9.78 Å². The maximum absolute atomic E-state index is 11.5. The molecule has 1 aromatic carbocycles. The Morgan fingerprint density at radius 2 is 2.15 bits per heavy atom. The molecule has 0 amide bonds. The predicted molar refractivity (Wildman–Crippen MR) is 81.2 cm³/mol. The summed E-state index contributed by atoms with van der Waals surface area (Å²) in [5.74, 6) is 0.387. The number of hydrogen-bond donors (Lipinski definition) is 0. The Morgan fingerprint density at radius 3 is 2.80 bits per heavy atom. The van der Waals surface area contributed by atoms with Gasteiger partial charge in [0.2, 0.25) is 0 Å². The van der Waals surface area contributed by atoms with Gasteiger partial charge in [-0.2, -0.15) is 5.10 Å². The van der Waals surface area contributed by atoms with Crippen LogP contribution in [0.15, 0.2) is 36.7 Å². The van der Waals surface area contributed by atoms with E-state index in [1.54, 1.807) is 6.20 Å². The molecule has 3 heteroatoms. The van der Waals surface area contributed by atoms with Crippen LogP contribution < -0.4 is 0 Å². The minimum atomic E-state index is 0.387. The van der Waals surface area contributed by atoms with Crippen LogP contribution in [0.5, 0.6) is 0 Å². The van der Waals surface area contributed by atoms with Gasteiger partial charge in [-0.25, -0.2) is 4.68 Å². The molecule has 0 fully saturated rings. The summed E-state index contributed by atoms with van der Waals surface area (Å²) in [5, 5.41) is 4.24. The Labute approximate surface area is 120 Å². The normalized spacial score (nSPS) is 10.7. The first-order chi connectivity index (χ1) is 9.70. The fraction of sp³-hybridized carbons (Fsp3) is 0.412. The van der Waals surface area contributed by atoms with Gasteiger partial charge in [0.1, 0.15) is 5.78 Å². The third kappa shape index (κ3) is 3.80. The standard InChI is InChI=1S/C17H22N2O/c1-3-6-17(20)8-4-7-15-9-10-16(13-14(15)2)19-12-5-11-18-19/h5,9-13H,3-4,6-8H2,1-2H3. The lowest BCUT2D eigenvalue weighted by molar-refractivity contribution is -0.119. The molecule has 1 aromatic heterocycles. The molecule has 0 saturated heterocycles. The van der Waals surface area contributed by atoms with Crippen molar-refractivity contribution in [2.24, 2.45) is 0 Å². The van der Waals surface area contributed by atoms with Gasteiger partial charge in [-0.3, -0.25) is 4.79 Å². The summed E-state index contributed by atoms with van der Waals surface area (Å²) in [6.07, 6.45) is 8.02. The molecule has 0 atom stereocenters. The van der Waals surface area contributed by atoms with Crippen LogP contribution >= 0.6 is 0 Å². The van der Waals surface area contributed by atoms with Gasteiger partial charge in [-0.05, 0) is 55.5 Å². The molecule has 0 aliphatic carbocycles. The average Bonchev–Trinajstić information content (AvgIpc) is 2.95. The van der Waals surface area contributed by atoms with E-state index in [1.165, 1.54) is 11.1 Å². The van der Waals surface area contributed by atoms with Crippen LogP contribution in [0.1, 0.15) is 43.7 Å². The van der Waals surface area contributed by atoms with Crippen LogP contribution in [-0.2, 0) is 11.2 Å². The van der Waals surface area contributed by atoms with Crippen molar-refractivity contribution in [2.75, 3.05) is 0 Å². The summed E-state index contributed by atoms with van der Waals surface area (Å²) in [6.45, 7) is 4.17. The van der Waals surface area contributed by atoms with Crippen LogP contribution in [-0.4, -0.2) is 15.6 Å². The van der Waals surface area contributed by atoms with Crippen molar-refractivity contribution in [1.29, 1.82) is 0 Å². The maximum atomic E-state index is 11.5. The van der Waals surface area contributed by atoms with Gasteiger partial charge in [0.25, 0.3) is 0 Å². The van der Waals surface area contributed by atoms with Gasteiger partial charge >= 0.3 is 0 Å². The molecule has 1 heterocycles. The highest BCUT2D eigenvalue weighted by atomic mass is 16.1. The third-order valence-electron chi connectivity index (χ3n) is 3.53. The van der Waals surface area contributed by atoms with E-state index < -0.39 is 0 Å². The van der Waals surface area contributed by atoms with E-state index in [0.717, 1.165) is 31.4 Å². The number of nitrogens with zero attached hydrogens (tertiary/aromatic N) is 2. The highest BCUT2D eigenvalue weighted by molar-refractivity contribution is 5.78. The zero-order valence-corrected chi connectivity index (χ0v) is 12.3. The zero-order chi connectivity index (χ0) is 14.4. The van der Waals surface area contributed by atoms with Crippen molar-refractivity contribution >= 4 is 5.78 Å². The summed E-state index contributed by atoms with van der Waals surface area (Å²) in [6, 6.07) is 8.30. The van der Waals surface area contributed by atoms with Gasteiger partial charge in [-0.15, -0.1) is 0 Å². The minimum Gasteiger partial charge on any atom is -0.300 e. The Hall–Kier alpha value is -1.90. The average molecular weight is 270 g/mol. The molecule has 0 bridgehead atoms. The van der Waals surface area contributed by atoms with Gasteiger partial charge in [0.05, 0.1) is 5.69 Å². The van der Waals surface area contributed by atoms with E-state index in [-0.39, 0.29) is 0 Å². The molecule has 2 aromatic rings. The number of carbonyl (C=O) groups excluding carboxylic acids is 1. The zero-order valence-electron chi connectivity index (χ0n) is 12.3. The Bertz CT molecular complexity index is 558. The Balaban J connectivity index is 1.95. The highest BCUT2D eigenvalue weighted by Crippen LogP contribution is 2.16. The summed E-state index contributed by atoms with van der Waals surface area (Å²) in [7, 11) is 0. The molecule has 0 unspecified atom stereocenters. The first-order valence-electron chi connectivity index (χ1n) is 7.32. The van der Waals surface area contributed by atoms with E-state index in [0.29, 0.717) is 12.2 Å². The monoisotopic (exact) mass is 270 g/mol. The molecule has 20 heavy (non-hydrogen) atoms. The smallest absolute Gasteiger partial charge is 0.132 e. The second kappa shape index (κ2) is 7.04. The molecule has 0 aliphatic rings. The van der Waals surface area contributed by atoms with Gasteiger partial charge in [0, 0.05) is 25.2 Å². The van der Waals surface area contributed by atoms with E-state index >= 15 is 0 Å². The molecule has 0 aliphatic heterocycles. The van der Waals surface area contributed by atoms with E-state index in [2.05, 4.69) is 37.1 Å². The Morgan fingerprint density at radius 1 is 1.30 bits per heavy atom. The molecule has 106 valence electrons. The largest absolute Gasteiger partial charge is 0.300 e. The molecule has 2 rings (SSSR count). The molecule has 0 N–H and O–H groups in total. The quantitative estimate of drug-likeness (QED) is 0.765. The van der Waals surface area contributed by atoms with Crippen LogP contribution in [0.25, 0.3) is 5.69 Å². The van der Waals surface area contributed by atoms with E-state index in [1.807, 2.05) is 16.9 Å². The number of rotatable bonds is 7. The lowest BCUT2D eigenvalue weighted by Gasteiger charge is -2.08. The second-order valence-corrected chi connectivity index (χ2v) is 5.20. The first kappa shape index (κ1) is 14.5. The topological polar surface area (TPSA) is 34.9 Å². The number of ketones is 1. The van der Waals surface area contributed by atoms with Gasteiger partial charge in [-0.1, -0.05) is 13.0 Å². The fourth-order valence-corrected chi connectivity index (χ4v) is 2.40. The van der Waals surface area contributed by atoms with Crippen molar-refractivity contribution in [2.45, 2.75) is 46.0 Å². The summed E-state index contributed by atoms with van der Waals surface area (Å²) >= 11 is 0. The molecular formula is C17H22N2O. The maximum Gasteiger partial charge on any atom is 0.132 e. The molecule has 0 spiro atoms. The lowest BCUT2D eigenvalue weighted by atomic mass is 10.0. The Kier molecular flexibility index (Phi) is 5.10. The second-order valence-electron chi connectivity index (χ2n) is 5.20. The molecule has 0 radical (unpaired) electrons. The van der Waals surface area contributed by atoms with Crippen LogP contribution in [0.4, 0.5) is 0 Å². The van der Waals surface area contributed by atoms with Crippen molar-refractivity contribution in [3.63, 3.8) is 0 Å². The summed E-state index contributed by atoms with van der Waals surface area (Å²) in [4.78, 5) is 11.5. The van der Waals surface area contributed by atoms with Gasteiger partial charge < -0.3 is 0 Å².